The van der Waals surface area contributed by atoms with E-state index >= 15 is 0 Å². The van der Waals surface area contributed by atoms with E-state index in [0.29, 0.717) is 6.04 Å². The normalized spacial score (nSPS) is 18.5. The van der Waals surface area contributed by atoms with Gasteiger partial charge in [0.1, 0.15) is 11.6 Å². The van der Waals surface area contributed by atoms with E-state index in [-0.39, 0.29) is 11.6 Å². The molecular weight excluding hydrogens is 330 g/mol. The zero-order chi connectivity index (χ0) is 17.9. The summed E-state index contributed by atoms with van der Waals surface area (Å²) in [7, 11) is 0. The fourth-order valence-corrected chi connectivity index (χ4v) is 4.05. The number of H-pyrrole nitrogens is 1. The maximum Gasteiger partial charge on any atom is 0.123 e. The summed E-state index contributed by atoms with van der Waals surface area (Å²) in [6.45, 7) is 2.11. The van der Waals surface area contributed by atoms with Gasteiger partial charge in [-0.15, -0.1) is 0 Å². The van der Waals surface area contributed by atoms with E-state index in [9.17, 15) is 8.78 Å². The van der Waals surface area contributed by atoms with Gasteiger partial charge < -0.3 is 4.98 Å². The molecule has 1 fully saturated rings. The molecule has 4 heteroatoms. The molecule has 3 aromatic rings. The molecule has 0 amide bonds. The van der Waals surface area contributed by atoms with Gasteiger partial charge in [0.25, 0.3) is 0 Å². The number of rotatable bonds is 5. The second kappa shape index (κ2) is 7.58. The number of aromatic nitrogens is 1. The molecule has 1 saturated heterocycles. The Morgan fingerprint density at radius 1 is 0.962 bits per heavy atom. The minimum atomic E-state index is -0.192. The van der Waals surface area contributed by atoms with Crippen molar-refractivity contribution in [2.45, 2.75) is 38.1 Å². The molecule has 1 aliphatic rings. The minimum absolute atomic E-state index is 0.180. The smallest absolute Gasteiger partial charge is 0.123 e. The van der Waals surface area contributed by atoms with Crippen LogP contribution in [0.5, 0.6) is 0 Å². The van der Waals surface area contributed by atoms with Crippen LogP contribution in [0.3, 0.4) is 0 Å². The van der Waals surface area contributed by atoms with Crippen LogP contribution in [-0.4, -0.2) is 23.0 Å². The molecule has 4 rings (SSSR count). The van der Waals surface area contributed by atoms with Crippen LogP contribution in [0.25, 0.3) is 10.9 Å². The highest BCUT2D eigenvalue weighted by molar-refractivity contribution is 5.80. The molecule has 1 unspecified atom stereocenters. The molecular formula is C22H24F2N2. The average Bonchev–Trinajstić information content (AvgIpc) is 3.07. The summed E-state index contributed by atoms with van der Waals surface area (Å²) in [5.41, 5.74) is 3.37. The van der Waals surface area contributed by atoms with E-state index in [0.717, 1.165) is 43.3 Å². The Hall–Kier alpha value is -2.20. The first kappa shape index (κ1) is 17.2. The lowest BCUT2D eigenvalue weighted by molar-refractivity contribution is 0.144. The van der Waals surface area contributed by atoms with Crippen molar-refractivity contribution in [3.8, 4) is 0 Å². The third-order valence-corrected chi connectivity index (χ3v) is 5.40. The number of nitrogens with one attached hydrogen (secondary N) is 1. The summed E-state index contributed by atoms with van der Waals surface area (Å²) < 4.78 is 26.5. The van der Waals surface area contributed by atoms with E-state index in [1.54, 1.807) is 6.07 Å². The standard InChI is InChI=1S/C22H24F2N2/c23-18-8-6-16(7-9-18)4-3-13-26-12-2-1-5-22(26)21-15-17-14-19(24)10-11-20(17)25-21/h6-11,14-15,22,25H,1-5,12-13H2. The first-order valence-electron chi connectivity index (χ1n) is 9.46. The fourth-order valence-electron chi connectivity index (χ4n) is 4.05. The quantitative estimate of drug-likeness (QED) is 0.631. The van der Waals surface area contributed by atoms with E-state index in [1.165, 1.54) is 42.3 Å². The zero-order valence-corrected chi connectivity index (χ0v) is 14.8. The molecule has 1 aromatic heterocycles. The molecule has 0 aliphatic carbocycles. The van der Waals surface area contributed by atoms with Crippen molar-refractivity contribution in [2.24, 2.45) is 0 Å². The van der Waals surface area contributed by atoms with Crippen LogP contribution in [0, 0.1) is 11.6 Å². The summed E-state index contributed by atoms with van der Waals surface area (Å²) in [6, 6.07) is 14.2. The second-order valence-corrected chi connectivity index (χ2v) is 7.23. The Morgan fingerprint density at radius 2 is 1.77 bits per heavy atom. The summed E-state index contributed by atoms with van der Waals surface area (Å²) in [5.74, 6) is -0.372. The van der Waals surface area contributed by atoms with Gasteiger partial charge in [-0.25, -0.2) is 8.78 Å². The van der Waals surface area contributed by atoms with Gasteiger partial charge in [0.05, 0.1) is 0 Å². The lowest BCUT2D eigenvalue weighted by Gasteiger charge is -2.35. The molecule has 2 aromatic carbocycles. The number of aryl methyl sites for hydroxylation is 1. The molecule has 1 aliphatic heterocycles. The predicted octanol–water partition coefficient (Wildman–Crippen LogP) is 5.61. The third-order valence-electron chi connectivity index (χ3n) is 5.40. The first-order chi connectivity index (χ1) is 12.7. The Morgan fingerprint density at radius 3 is 2.62 bits per heavy atom. The van der Waals surface area contributed by atoms with Gasteiger partial charge in [-0.3, -0.25) is 4.90 Å². The number of benzene rings is 2. The first-order valence-corrected chi connectivity index (χ1v) is 9.46. The highest BCUT2D eigenvalue weighted by atomic mass is 19.1. The Balaban J connectivity index is 1.44. The van der Waals surface area contributed by atoms with Gasteiger partial charge in [-0.1, -0.05) is 18.6 Å². The van der Waals surface area contributed by atoms with Crippen molar-refractivity contribution in [1.29, 1.82) is 0 Å². The van der Waals surface area contributed by atoms with Crippen LogP contribution < -0.4 is 0 Å². The van der Waals surface area contributed by atoms with Gasteiger partial charge in [-0.2, -0.15) is 0 Å². The molecule has 136 valence electrons. The number of piperidine rings is 1. The number of fused-ring (bicyclic) bond motifs is 1. The maximum atomic E-state index is 13.5. The number of halogens is 2. The van der Waals surface area contributed by atoms with Crippen molar-refractivity contribution < 1.29 is 8.78 Å². The number of hydrogen-bond donors (Lipinski definition) is 1. The van der Waals surface area contributed by atoms with Crippen LogP contribution in [0.4, 0.5) is 8.78 Å². The molecule has 0 radical (unpaired) electrons. The summed E-state index contributed by atoms with van der Waals surface area (Å²) in [5, 5.41) is 0.942. The fraction of sp³-hybridized carbons (Fsp3) is 0.364. The summed E-state index contributed by atoms with van der Waals surface area (Å²) >= 11 is 0. The molecule has 1 atom stereocenters. The SMILES string of the molecule is Fc1ccc(CCCN2CCCCC2c2cc3cc(F)ccc3[nH]2)cc1. The monoisotopic (exact) mass is 354 g/mol. The number of likely N-dealkylation sites (tertiary alicyclic amines) is 1. The largest absolute Gasteiger partial charge is 0.357 e. The van der Waals surface area contributed by atoms with Gasteiger partial charge >= 0.3 is 0 Å². The number of nitrogens with zero attached hydrogens (tertiary/aromatic N) is 1. The predicted molar refractivity (Wildman–Crippen MR) is 101 cm³/mol. The van der Waals surface area contributed by atoms with Gasteiger partial charge in [-0.05, 0) is 80.7 Å². The second-order valence-electron chi connectivity index (χ2n) is 7.23. The van der Waals surface area contributed by atoms with E-state index in [2.05, 4.69) is 16.0 Å². The Kier molecular flexibility index (Phi) is 5.02. The van der Waals surface area contributed by atoms with Crippen molar-refractivity contribution in [3.05, 3.63) is 71.4 Å². The molecule has 2 heterocycles. The van der Waals surface area contributed by atoms with Crippen molar-refractivity contribution in [3.63, 3.8) is 0 Å². The minimum Gasteiger partial charge on any atom is -0.357 e. The van der Waals surface area contributed by atoms with Gasteiger partial charge in [0.15, 0.2) is 0 Å². The maximum absolute atomic E-state index is 13.5. The summed E-state index contributed by atoms with van der Waals surface area (Å²) in [6.07, 6.45) is 5.59. The van der Waals surface area contributed by atoms with Crippen molar-refractivity contribution >= 4 is 10.9 Å². The average molecular weight is 354 g/mol. The van der Waals surface area contributed by atoms with E-state index in [1.807, 2.05) is 18.2 Å². The molecule has 0 spiro atoms. The molecule has 1 N–H and O–H groups in total. The van der Waals surface area contributed by atoms with E-state index in [4.69, 9.17) is 0 Å². The molecule has 2 nitrogen and oxygen atoms in total. The molecule has 0 bridgehead atoms. The zero-order valence-electron chi connectivity index (χ0n) is 14.8. The van der Waals surface area contributed by atoms with Gasteiger partial charge in [0.2, 0.25) is 0 Å². The van der Waals surface area contributed by atoms with Crippen LogP contribution in [0.2, 0.25) is 0 Å². The van der Waals surface area contributed by atoms with Crippen LogP contribution >= 0.6 is 0 Å². The van der Waals surface area contributed by atoms with Crippen LogP contribution in [0.1, 0.15) is 43.0 Å². The highest BCUT2D eigenvalue weighted by Crippen LogP contribution is 2.32. The number of hydrogen-bond acceptors (Lipinski definition) is 1. The van der Waals surface area contributed by atoms with Crippen LogP contribution in [0.15, 0.2) is 48.5 Å². The number of aromatic amines is 1. The highest BCUT2D eigenvalue weighted by Gasteiger charge is 2.24. The van der Waals surface area contributed by atoms with Crippen LogP contribution in [-0.2, 0) is 6.42 Å². The lowest BCUT2D eigenvalue weighted by atomic mass is 9.98. The molecule has 26 heavy (non-hydrogen) atoms. The molecule has 0 saturated carbocycles. The Bertz CT molecular complexity index is 869. The van der Waals surface area contributed by atoms with Gasteiger partial charge in [0, 0.05) is 22.6 Å². The van der Waals surface area contributed by atoms with Crippen molar-refractivity contribution in [2.75, 3.05) is 13.1 Å². The van der Waals surface area contributed by atoms with Crippen molar-refractivity contribution in [1.82, 2.24) is 9.88 Å². The van der Waals surface area contributed by atoms with E-state index < -0.39 is 0 Å². The topological polar surface area (TPSA) is 19.0 Å². The Labute approximate surface area is 152 Å². The third kappa shape index (κ3) is 3.80. The lowest BCUT2D eigenvalue weighted by Crippen LogP contribution is -2.34. The summed E-state index contributed by atoms with van der Waals surface area (Å²) in [4.78, 5) is 6.02.